The molecule has 1 unspecified atom stereocenters. The summed E-state index contributed by atoms with van der Waals surface area (Å²) in [5.74, 6) is 0. The zero-order valence-electron chi connectivity index (χ0n) is 14.4. The molecule has 0 aliphatic heterocycles. The molecule has 1 N–H and O–H groups in total. The largest absolute Gasteiger partial charge is 0.516 e. The molecule has 156 valence electrons. The third-order valence-corrected chi connectivity index (χ3v) is 4.92. The van der Waals surface area contributed by atoms with E-state index in [0.29, 0.717) is 12.5 Å². The molecule has 1 aromatic carbocycles. The molecular weight excluding hydrogens is 414 g/mol. The van der Waals surface area contributed by atoms with Crippen LogP contribution in [-0.4, -0.2) is 25.7 Å². The first-order chi connectivity index (χ1) is 12.8. The Morgan fingerprint density at radius 2 is 1.89 bits per heavy atom. The van der Waals surface area contributed by atoms with Gasteiger partial charge >= 0.3 is 21.7 Å². The van der Waals surface area contributed by atoms with E-state index in [1.807, 2.05) is 6.08 Å². The van der Waals surface area contributed by atoms with Crippen molar-refractivity contribution in [1.82, 2.24) is 0 Å². The predicted molar refractivity (Wildman–Crippen MR) is 90.1 cm³/mol. The minimum atomic E-state index is -5.93. The van der Waals surface area contributed by atoms with Crippen molar-refractivity contribution in [3.05, 3.63) is 41.5 Å². The molecule has 0 spiro atoms. The lowest BCUT2D eigenvalue weighted by molar-refractivity contribution is -0.137. The van der Waals surface area contributed by atoms with Gasteiger partial charge in [0.05, 0.1) is 17.0 Å². The zero-order valence-corrected chi connectivity index (χ0v) is 15.2. The average Bonchev–Trinajstić information content (AvgIpc) is 2.58. The number of anilines is 1. The molecule has 0 heterocycles. The second-order valence-corrected chi connectivity index (χ2v) is 7.66. The molecule has 0 fully saturated rings. The van der Waals surface area contributed by atoms with Crippen LogP contribution in [0.15, 0.2) is 35.5 Å². The predicted octanol–water partition coefficient (Wildman–Crippen LogP) is 4.82. The molecule has 12 heteroatoms. The van der Waals surface area contributed by atoms with Gasteiger partial charge in [-0.15, -0.1) is 0 Å². The molecule has 0 bridgehead atoms. The van der Waals surface area contributed by atoms with Crippen molar-refractivity contribution in [2.75, 3.05) is 4.72 Å². The van der Waals surface area contributed by atoms with Crippen molar-refractivity contribution in [2.45, 2.75) is 44.0 Å². The molecule has 2 rings (SSSR count). The maximum absolute atomic E-state index is 12.9. The molecule has 1 atom stereocenters. The zero-order chi connectivity index (χ0) is 21.2. The molecule has 1 aliphatic rings. The van der Waals surface area contributed by atoms with Crippen LogP contribution in [0.2, 0.25) is 0 Å². The maximum Gasteiger partial charge on any atom is 0.516 e. The summed E-state index contributed by atoms with van der Waals surface area (Å²) in [6.07, 6.45) is 0.685. The molecule has 1 aliphatic carbocycles. The van der Waals surface area contributed by atoms with E-state index >= 15 is 0 Å². The Balaban J connectivity index is 2.41. The Kier molecular flexibility index (Phi) is 6.31. The Labute approximate surface area is 157 Å². The number of rotatable bonds is 5. The number of sulfonamides is 1. The molecule has 0 saturated carbocycles. The van der Waals surface area contributed by atoms with Crippen molar-refractivity contribution in [3.63, 3.8) is 0 Å². The van der Waals surface area contributed by atoms with E-state index in [1.165, 1.54) is 6.92 Å². The molecule has 0 saturated heterocycles. The molecule has 1 aromatic rings. The van der Waals surface area contributed by atoms with E-state index in [4.69, 9.17) is 4.84 Å². The van der Waals surface area contributed by atoms with Crippen molar-refractivity contribution < 1.29 is 39.6 Å². The third kappa shape index (κ3) is 5.40. The number of allylic oxidation sites excluding steroid dienone is 1. The lowest BCUT2D eigenvalue weighted by Crippen LogP contribution is -2.30. The summed E-state index contributed by atoms with van der Waals surface area (Å²) in [7, 11) is -5.93. The van der Waals surface area contributed by atoms with Crippen LogP contribution in [0.1, 0.15) is 37.3 Å². The van der Waals surface area contributed by atoms with Crippen LogP contribution in [0.4, 0.5) is 32.0 Å². The van der Waals surface area contributed by atoms with E-state index in [1.54, 1.807) is 6.08 Å². The summed E-state index contributed by atoms with van der Waals surface area (Å²) in [6, 6.07) is 1.72. The Bertz CT molecular complexity index is 875. The van der Waals surface area contributed by atoms with Gasteiger partial charge in [-0.05, 0) is 44.4 Å². The highest BCUT2D eigenvalue weighted by Crippen LogP contribution is 2.34. The van der Waals surface area contributed by atoms with Gasteiger partial charge in [0.15, 0.2) is 0 Å². The SMILES string of the molecule is CC(=NOC1C=CCCC1)c1ccc(C(F)(F)F)cc1NS(=O)(=O)C(F)(F)F. The van der Waals surface area contributed by atoms with Gasteiger partial charge in [0, 0.05) is 5.56 Å². The summed E-state index contributed by atoms with van der Waals surface area (Å²) in [5.41, 5.74) is -8.29. The topological polar surface area (TPSA) is 67.8 Å². The minimum absolute atomic E-state index is 0.0902. The minimum Gasteiger partial charge on any atom is -0.388 e. The summed E-state index contributed by atoms with van der Waals surface area (Å²) in [5, 5.41) is 3.73. The van der Waals surface area contributed by atoms with Gasteiger partial charge in [-0.2, -0.15) is 34.8 Å². The highest BCUT2D eigenvalue weighted by atomic mass is 32.2. The van der Waals surface area contributed by atoms with Gasteiger partial charge in [-0.1, -0.05) is 17.3 Å². The second kappa shape index (κ2) is 8.02. The van der Waals surface area contributed by atoms with Crippen LogP contribution < -0.4 is 4.72 Å². The standard InChI is InChI=1S/C16H16F6N2O3S/c1-10(23-27-12-5-3-2-4-6-12)13-8-7-11(15(17,18)19)9-14(13)24-28(25,26)16(20,21)22/h3,5,7-9,12,24H,2,4,6H2,1H3. The fourth-order valence-electron chi connectivity index (χ4n) is 2.39. The highest BCUT2D eigenvalue weighted by Gasteiger charge is 2.46. The molecule has 0 amide bonds. The van der Waals surface area contributed by atoms with Crippen LogP contribution in [0.25, 0.3) is 0 Å². The Morgan fingerprint density at radius 1 is 1.21 bits per heavy atom. The second-order valence-electron chi connectivity index (χ2n) is 5.99. The van der Waals surface area contributed by atoms with E-state index in [2.05, 4.69) is 5.16 Å². The summed E-state index contributed by atoms with van der Waals surface area (Å²) in [6.45, 7) is 1.28. The first-order valence-corrected chi connectivity index (χ1v) is 9.47. The summed E-state index contributed by atoms with van der Waals surface area (Å²) < 4.78 is 101. The van der Waals surface area contributed by atoms with E-state index in [0.717, 1.165) is 23.6 Å². The van der Waals surface area contributed by atoms with Gasteiger partial charge in [-0.3, -0.25) is 4.72 Å². The van der Waals surface area contributed by atoms with Crippen LogP contribution in [0.3, 0.4) is 0 Å². The third-order valence-electron chi connectivity index (χ3n) is 3.82. The lowest BCUT2D eigenvalue weighted by atomic mass is 10.1. The van der Waals surface area contributed by atoms with Crippen molar-refractivity contribution in [3.8, 4) is 0 Å². The smallest absolute Gasteiger partial charge is 0.388 e. The number of oxime groups is 1. The number of alkyl halides is 6. The van der Waals surface area contributed by atoms with Crippen LogP contribution in [0, 0.1) is 0 Å². The van der Waals surface area contributed by atoms with Crippen LogP contribution in [0.5, 0.6) is 0 Å². The number of hydrogen-bond donors (Lipinski definition) is 1. The van der Waals surface area contributed by atoms with Crippen molar-refractivity contribution in [2.24, 2.45) is 5.16 Å². The van der Waals surface area contributed by atoms with E-state index < -0.39 is 33.0 Å². The molecular formula is C16H16F6N2O3S. The van der Waals surface area contributed by atoms with E-state index in [9.17, 15) is 34.8 Å². The fraction of sp³-hybridized carbons (Fsp3) is 0.438. The molecule has 0 aromatic heterocycles. The van der Waals surface area contributed by atoms with Crippen LogP contribution >= 0.6 is 0 Å². The van der Waals surface area contributed by atoms with Gasteiger partial charge in [-0.25, -0.2) is 0 Å². The number of nitrogens with zero attached hydrogens (tertiary/aromatic N) is 1. The Hall–Kier alpha value is -2.24. The number of halogens is 6. The van der Waals surface area contributed by atoms with Crippen molar-refractivity contribution >= 4 is 21.4 Å². The molecule has 28 heavy (non-hydrogen) atoms. The van der Waals surface area contributed by atoms with Gasteiger partial charge in [0.25, 0.3) is 0 Å². The first kappa shape index (κ1) is 22.1. The first-order valence-electron chi connectivity index (χ1n) is 7.99. The fourth-order valence-corrected chi connectivity index (χ4v) is 2.96. The van der Waals surface area contributed by atoms with Gasteiger partial charge in [0.1, 0.15) is 6.10 Å². The quantitative estimate of drug-likeness (QED) is 0.315. The van der Waals surface area contributed by atoms with Gasteiger partial charge in [0.2, 0.25) is 0 Å². The summed E-state index contributed by atoms with van der Waals surface area (Å²) in [4.78, 5) is 5.23. The van der Waals surface area contributed by atoms with Crippen molar-refractivity contribution in [1.29, 1.82) is 0 Å². The summed E-state index contributed by atoms with van der Waals surface area (Å²) >= 11 is 0. The Morgan fingerprint density at radius 3 is 2.43 bits per heavy atom. The van der Waals surface area contributed by atoms with Gasteiger partial charge < -0.3 is 4.84 Å². The highest BCUT2D eigenvalue weighted by molar-refractivity contribution is 7.93. The van der Waals surface area contributed by atoms with Crippen LogP contribution in [-0.2, 0) is 21.0 Å². The number of hydrogen-bond acceptors (Lipinski definition) is 4. The lowest BCUT2D eigenvalue weighted by Gasteiger charge is -2.17. The molecule has 0 radical (unpaired) electrons. The average molecular weight is 430 g/mol. The van der Waals surface area contributed by atoms with E-state index in [-0.39, 0.29) is 23.4 Å². The molecule has 5 nitrogen and oxygen atoms in total. The number of benzene rings is 1. The number of nitrogens with one attached hydrogen (secondary N) is 1. The monoisotopic (exact) mass is 430 g/mol. The maximum atomic E-state index is 12.9. The normalized spacial score (nSPS) is 18.8.